The molecule has 1 heterocycles. The van der Waals surface area contributed by atoms with Crippen LogP contribution in [0, 0.1) is 0 Å². The van der Waals surface area contributed by atoms with Crippen LogP contribution >= 0.6 is 0 Å². The first-order valence-electron chi connectivity index (χ1n) is 5.50. The van der Waals surface area contributed by atoms with E-state index in [0.29, 0.717) is 18.0 Å². The molecule has 0 bridgehead atoms. The molecule has 5 heteroatoms. The zero-order chi connectivity index (χ0) is 12.8. The minimum Gasteiger partial charge on any atom is -0.484 e. The van der Waals surface area contributed by atoms with Gasteiger partial charge in [0.25, 0.3) is 5.91 Å². The predicted molar refractivity (Wildman–Crippen MR) is 66.9 cm³/mol. The molecule has 2 aromatic rings. The van der Waals surface area contributed by atoms with Crippen molar-refractivity contribution < 1.29 is 13.9 Å². The summed E-state index contributed by atoms with van der Waals surface area (Å²) in [6, 6.07) is 8.74. The van der Waals surface area contributed by atoms with E-state index in [0.717, 1.165) is 5.56 Å². The van der Waals surface area contributed by atoms with Gasteiger partial charge < -0.3 is 20.2 Å². The SMILES string of the molecule is Nc1cccc(OCC(=O)NCc2ccoc2)c1. The summed E-state index contributed by atoms with van der Waals surface area (Å²) in [5.41, 5.74) is 7.11. The number of anilines is 1. The number of carbonyl (C=O) groups is 1. The molecule has 0 aliphatic rings. The van der Waals surface area contributed by atoms with Crippen LogP contribution in [0.5, 0.6) is 5.75 Å². The maximum atomic E-state index is 11.5. The van der Waals surface area contributed by atoms with Crippen molar-refractivity contribution >= 4 is 11.6 Å². The molecule has 0 saturated carbocycles. The van der Waals surface area contributed by atoms with Gasteiger partial charge in [-0.1, -0.05) is 6.07 Å². The van der Waals surface area contributed by atoms with Gasteiger partial charge in [-0.3, -0.25) is 4.79 Å². The largest absolute Gasteiger partial charge is 0.484 e. The monoisotopic (exact) mass is 246 g/mol. The Morgan fingerprint density at radius 3 is 3.00 bits per heavy atom. The van der Waals surface area contributed by atoms with Crippen LogP contribution in [0.1, 0.15) is 5.56 Å². The van der Waals surface area contributed by atoms with Crippen LogP contribution < -0.4 is 15.8 Å². The third kappa shape index (κ3) is 3.55. The Bertz CT molecular complexity index is 509. The molecule has 2 rings (SSSR count). The number of benzene rings is 1. The highest BCUT2D eigenvalue weighted by Gasteiger charge is 2.03. The van der Waals surface area contributed by atoms with Crippen LogP contribution in [0.2, 0.25) is 0 Å². The van der Waals surface area contributed by atoms with E-state index in [4.69, 9.17) is 14.9 Å². The molecular formula is C13H14N2O3. The van der Waals surface area contributed by atoms with Gasteiger partial charge in [-0.05, 0) is 18.2 Å². The Morgan fingerprint density at radius 2 is 2.28 bits per heavy atom. The second-order valence-electron chi connectivity index (χ2n) is 3.77. The summed E-state index contributed by atoms with van der Waals surface area (Å²) in [6.45, 7) is 0.386. The number of carbonyl (C=O) groups excluding carboxylic acids is 1. The van der Waals surface area contributed by atoms with E-state index in [1.807, 2.05) is 0 Å². The van der Waals surface area contributed by atoms with Crippen LogP contribution in [0.3, 0.4) is 0 Å². The third-order valence-electron chi connectivity index (χ3n) is 2.30. The molecule has 18 heavy (non-hydrogen) atoms. The lowest BCUT2D eigenvalue weighted by Crippen LogP contribution is -2.28. The van der Waals surface area contributed by atoms with E-state index in [-0.39, 0.29) is 12.5 Å². The summed E-state index contributed by atoms with van der Waals surface area (Å²) in [4.78, 5) is 11.5. The van der Waals surface area contributed by atoms with Crippen molar-refractivity contribution in [2.24, 2.45) is 0 Å². The second-order valence-corrected chi connectivity index (χ2v) is 3.77. The zero-order valence-electron chi connectivity index (χ0n) is 9.76. The summed E-state index contributed by atoms with van der Waals surface area (Å²) in [6.07, 6.45) is 3.14. The Hall–Kier alpha value is -2.43. The van der Waals surface area contributed by atoms with Gasteiger partial charge in [0.1, 0.15) is 5.75 Å². The molecule has 0 spiro atoms. The van der Waals surface area contributed by atoms with Gasteiger partial charge in [-0.25, -0.2) is 0 Å². The summed E-state index contributed by atoms with van der Waals surface area (Å²) >= 11 is 0. The molecule has 0 aliphatic heterocycles. The van der Waals surface area contributed by atoms with E-state index in [1.54, 1.807) is 42.9 Å². The summed E-state index contributed by atoms with van der Waals surface area (Å²) in [7, 11) is 0. The standard InChI is InChI=1S/C13H14N2O3/c14-11-2-1-3-12(6-11)18-9-13(16)15-7-10-4-5-17-8-10/h1-6,8H,7,9,14H2,(H,15,16). The minimum absolute atomic E-state index is 0.0404. The maximum Gasteiger partial charge on any atom is 0.258 e. The fourth-order valence-electron chi connectivity index (χ4n) is 1.40. The average Bonchev–Trinajstić information content (AvgIpc) is 2.87. The van der Waals surface area contributed by atoms with E-state index in [1.165, 1.54) is 0 Å². The maximum absolute atomic E-state index is 11.5. The van der Waals surface area contributed by atoms with Crippen LogP contribution in [0.4, 0.5) is 5.69 Å². The molecule has 3 N–H and O–H groups in total. The van der Waals surface area contributed by atoms with Crippen LogP contribution in [-0.4, -0.2) is 12.5 Å². The van der Waals surface area contributed by atoms with Crippen molar-refractivity contribution in [1.82, 2.24) is 5.32 Å². The average molecular weight is 246 g/mol. The lowest BCUT2D eigenvalue weighted by Gasteiger charge is -2.07. The number of amides is 1. The first-order chi connectivity index (χ1) is 8.74. The first kappa shape index (κ1) is 12.0. The fourth-order valence-corrected chi connectivity index (χ4v) is 1.40. The third-order valence-corrected chi connectivity index (χ3v) is 2.30. The molecule has 0 unspecified atom stereocenters. The van der Waals surface area contributed by atoms with Crippen molar-refractivity contribution in [3.05, 3.63) is 48.4 Å². The summed E-state index contributed by atoms with van der Waals surface area (Å²) < 4.78 is 10.2. The highest BCUT2D eigenvalue weighted by molar-refractivity contribution is 5.77. The number of ether oxygens (including phenoxy) is 1. The minimum atomic E-state index is -0.196. The predicted octanol–water partition coefficient (Wildman–Crippen LogP) is 1.56. The summed E-state index contributed by atoms with van der Waals surface area (Å²) in [5, 5.41) is 2.71. The number of nitrogens with one attached hydrogen (secondary N) is 1. The molecule has 0 aliphatic carbocycles. The molecule has 1 amide bonds. The number of hydrogen-bond donors (Lipinski definition) is 2. The first-order valence-corrected chi connectivity index (χ1v) is 5.50. The lowest BCUT2D eigenvalue weighted by molar-refractivity contribution is -0.123. The topological polar surface area (TPSA) is 77.5 Å². The van der Waals surface area contributed by atoms with E-state index in [2.05, 4.69) is 5.32 Å². The number of hydrogen-bond acceptors (Lipinski definition) is 4. The van der Waals surface area contributed by atoms with Crippen molar-refractivity contribution in [2.75, 3.05) is 12.3 Å². The van der Waals surface area contributed by atoms with Gasteiger partial charge in [-0.2, -0.15) is 0 Å². The Morgan fingerprint density at radius 1 is 1.39 bits per heavy atom. The molecule has 1 aromatic heterocycles. The van der Waals surface area contributed by atoms with E-state index < -0.39 is 0 Å². The highest BCUT2D eigenvalue weighted by atomic mass is 16.5. The highest BCUT2D eigenvalue weighted by Crippen LogP contribution is 2.13. The molecule has 0 radical (unpaired) electrons. The van der Waals surface area contributed by atoms with Crippen molar-refractivity contribution in [1.29, 1.82) is 0 Å². The fraction of sp³-hybridized carbons (Fsp3) is 0.154. The van der Waals surface area contributed by atoms with Crippen molar-refractivity contribution in [3.8, 4) is 5.75 Å². The Kier molecular flexibility index (Phi) is 3.86. The molecule has 94 valence electrons. The number of nitrogens with two attached hydrogens (primary N) is 1. The van der Waals surface area contributed by atoms with Crippen molar-refractivity contribution in [3.63, 3.8) is 0 Å². The molecular weight excluding hydrogens is 232 g/mol. The van der Waals surface area contributed by atoms with Gasteiger partial charge >= 0.3 is 0 Å². The van der Waals surface area contributed by atoms with Gasteiger partial charge in [0.2, 0.25) is 0 Å². The number of furan rings is 1. The van der Waals surface area contributed by atoms with Gasteiger partial charge in [-0.15, -0.1) is 0 Å². The number of rotatable bonds is 5. The van der Waals surface area contributed by atoms with Gasteiger partial charge in [0, 0.05) is 23.9 Å². The normalized spacial score (nSPS) is 10.0. The quantitative estimate of drug-likeness (QED) is 0.785. The van der Waals surface area contributed by atoms with E-state index in [9.17, 15) is 4.79 Å². The second kappa shape index (κ2) is 5.77. The van der Waals surface area contributed by atoms with E-state index >= 15 is 0 Å². The smallest absolute Gasteiger partial charge is 0.258 e. The summed E-state index contributed by atoms with van der Waals surface area (Å²) in [5.74, 6) is 0.382. The Balaban J connectivity index is 1.75. The van der Waals surface area contributed by atoms with Crippen molar-refractivity contribution in [2.45, 2.75) is 6.54 Å². The zero-order valence-corrected chi connectivity index (χ0v) is 9.76. The lowest BCUT2D eigenvalue weighted by atomic mass is 10.3. The molecule has 5 nitrogen and oxygen atoms in total. The molecule has 0 fully saturated rings. The number of nitrogen functional groups attached to an aromatic ring is 1. The van der Waals surface area contributed by atoms with Gasteiger partial charge in [0.15, 0.2) is 6.61 Å². The van der Waals surface area contributed by atoms with Crippen LogP contribution in [-0.2, 0) is 11.3 Å². The van der Waals surface area contributed by atoms with Crippen LogP contribution in [0.15, 0.2) is 47.3 Å². The molecule has 1 aromatic carbocycles. The molecule has 0 atom stereocenters. The molecule has 0 saturated heterocycles. The van der Waals surface area contributed by atoms with Gasteiger partial charge in [0.05, 0.1) is 12.5 Å². The Labute approximate surface area is 105 Å². The van der Waals surface area contributed by atoms with Crippen LogP contribution in [0.25, 0.3) is 0 Å².